The first-order valence-corrected chi connectivity index (χ1v) is 9.17. The predicted molar refractivity (Wildman–Crippen MR) is 116 cm³/mol. The number of hydrogen-bond donors (Lipinski definition) is 1. The van der Waals surface area contributed by atoms with E-state index in [0.29, 0.717) is 17.1 Å². The van der Waals surface area contributed by atoms with Crippen molar-refractivity contribution in [3.05, 3.63) is 83.9 Å². The van der Waals surface area contributed by atoms with Gasteiger partial charge in [0, 0.05) is 5.56 Å². The molecule has 0 radical (unpaired) electrons. The third-order valence-corrected chi connectivity index (χ3v) is 4.82. The van der Waals surface area contributed by atoms with Crippen LogP contribution in [0.3, 0.4) is 0 Å². The summed E-state index contributed by atoms with van der Waals surface area (Å²) in [6.45, 7) is 0. The van der Waals surface area contributed by atoms with Crippen molar-refractivity contribution in [2.24, 2.45) is 5.10 Å². The van der Waals surface area contributed by atoms with E-state index in [9.17, 15) is 4.79 Å². The summed E-state index contributed by atoms with van der Waals surface area (Å²) in [4.78, 5) is 12.7. The van der Waals surface area contributed by atoms with Gasteiger partial charge in [-0.05, 0) is 39.7 Å². The van der Waals surface area contributed by atoms with Crippen molar-refractivity contribution in [3.63, 3.8) is 0 Å². The second kappa shape index (κ2) is 8.02. The number of hydrazone groups is 1. The Morgan fingerprint density at radius 2 is 1.48 bits per heavy atom. The Kier molecular flexibility index (Phi) is 5.12. The van der Waals surface area contributed by atoms with Crippen LogP contribution < -0.4 is 14.9 Å². The van der Waals surface area contributed by atoms with Crippen molar-refractivity contribution in [3.8, 4) is 11.5 Å². The smallest absolute Gasteiger partial charge is 0.275 e. The number of amides is 1. The molecule has 4 aromatic carbocycles. The Morgan fingerprint density at radius 3 is 2.21 bits per heavy atom. The monoisotopic (exact) mass is 384 g/mol. The summed E-state index contributed by atoms with van der Waals surface area (Å²) in [7, 11) is 3.16. The van der Waals surface area contributed by atoms with Crippen LogP contribution in [0.15, 0.2) is 77.9 Å². The van der Waals surface area contributed by atoms with Crippen molar-refractivity contribution in [2.75, 3.05) is 14.2 Å². The van der Waals surface area contributed by atoms with Crippen LogP contribution in [0, 0.1) is 0 Å². The molecule has 0 saturated carbocycles. The minimum absolute atomic E-state index is 0.344. The Morgan fingerprint density at radius 1 is 0.828 bits per heavy atom. The molecular weight excluding hydrogens is 364 g/mol. The van der Waals surface area contributed by atoms with Crippen LogP contribution in [0.25, 0.3) is 21.5 Å². The summed E-state index contributed by atoms with van der Waals surface area (Å²) in [5, 5.41) is 8.19. The van der Waals surface area contributed by atoms with Gasteiger partial charge in [0.1, 0.15) is 11.5 Å². The fraction of sp³-hybridized carbons (Fsp3) is 0.0833. The molecule has 0 aromatic heterocycles. The van der Waals surface area contributed by atoms with Gasteiger partial charge >= 0.3 is 0 Å². The molecule has 4 rings (SSSR count). The average Bonchev–Trinajstić information content (AvgIpc) is 2.78. The van der Waals surface area contributed by atoms with Crippen LogP contribution in [-0.4, -0.2) is 26.3 Å². The summed E-state index contributed by atoms with van der Waals surface area (Å²) in [5.41, 5.74) is 3.82. The second-order valence-corrected chi connectivity index (χ2v) is 6.50. The lowest BCUT2D eigenvalue weighted by molar-refractivity contribution is 0.0952. The molecule has 0 aliphatic rings. The maximum absolute atomic E-state index is 12.7. The van der Waals surface area contributed by atoms with E-state index in [0.717, 1.165) is 27.1 Å². The van der Waals surface area contributed by atoms with Crippen molar-refractivity contribution >= 4 is 33.7 Å². The molecule has 0 atom stereocenters. The van der Waals surface area contributed by atoms with Gasteiger partial charge in [0.15, 0.2) is 0 Å². The molecule has 0 bridgehead atoms. The number of ether oxygens (including phenoxy) is 2. The Hall–Kier alpha value is -3.86. The first-order valence-electron chi connectivity index (χ1n) is 9.17. The number of fused-ring (bicyclic) bond motifs is 2. The van der Waals surface area contributed by atoms with Gasteiger partial charge in [-0.3, -0.25) is 4.79 Å². The number of nitrogens with one attached hydrogen (secondary N) is 1. The quantitative estimate of drug-likeness (QED) is 0.398. The zero-order valence-corrected chi connectivity index (χ0v) is 16.2. The largest absolute Gasteiger partial charge is 0.496 e. The lowest BCUT2D eigenvalue weighted by Gasteiger charge is -2.10. The Bertz CT molecular complexity index is 1230. The van der Waals surface area contributed by atoms with Crippen LogP contribution in [0.2, 0.25) is 0 Å². The van der Waals surface area contributed by atoms with Gasteiger partial charge in [-0.2, -0.15) is 5.10 Å². The molecule has 5 heteroatoms. The fourth-order valence-electron chi connectivity index (χ4n) is 3.37. The van der Waals surface area contributed by atoms with Gasteiger partial charge in [0.05, 0.1) is 26.0 Å². The second-order valence-electron chi connectivity index (χ2n) is 6.50. The highest BCUT2D eigenvalue weighted by Gasteiger charge is 2.13. The molecule has 4 aromatic rings. The standard InChI is InChI=1S/C24H20N2O3/c1-28-22-12-11-16-7-5-6-10-19(16)21(22)15-25-26-24(27)20-13-17-8-3-4-9-18(17)14-23(20)29-2/h3-15H,1-2H3,(H,26,27)/b25-15+. The first-order chi connectivity index (χ1) is 14.2. The highest BCUT2D eigenvalue weighted by molar-refractivity contribution is 6.04. The van der Waals surface area contributed by atoms with Crippen LogP contribution in [0.1, 0.15) is 15.9 Å². The van der Waals surface area contributed by atoms with Gasteiger partial charge in [-0.25, -0.2) is 5.43 Å². The molecule has 0 spiro atoms. The molecule has 5 nitrogen and oxygen atoms in total. The maximum atomic E-state index is 12.7. The number of hydrogen-bond acceptors (Lipinski definition) is 4. The van der Waals surface area contributed by atoms with E-state index >= 15 is 0 Å². The van der Waals surface area contributed by atoms with E-state index in [4.69, 9.17) is 9.47 Å². The third kappa shape index (κ3) is 3.62. The van der Waals surface area contributed by atoms with Crippen LogP contribution >= 0.6 is 0 Å². The lowest BCUT2D eigenvalue weighted by Crippen LogP contribution is -2.18. The number of benzene rings is 4. The lowest BCUT2D eigenvalue weighted by atomic mass is 10.0. The van der Waals surface area contributed by atoms with E-state index in [-0.39, 0.29) is 5.91 Å². The van der Waals surface area contributed by atoms with Crippen molar-refractivity contribution in [1.82, 2.24) is 5.43 Å². The summed E-state index contributed by atoms with van der Waals surface area (Å²) in [6, 6.07) is 23.3. The van der Waals surface area contributed by atoms with E-state index < -0.39 is 0 Å². The number of carbonyl (C=O) groups is 1. The summed E-state index contributed by atoms with van der Waals surface area (Å²) < 4.78 is 10.9. The summed E-state index contributed by atoms with van der Waals surface area (Å²) in [5.74, 6) is 0.840. The topological polar surface area (TPSA) is 59.9 Å². The van der Waals surface area contributed by atoms with Gasteiger partial charge in [0.25, 0.3) is 5.91 Å². The molecule has 0 aliphatic heterocycles. The van der Waals surface area contributed by atoms with E-state index in [1.54, 1.807) is 26.5 Å². The molecule has 144 valence electrons. The van der Waals surface area contributed by atoms with Gasteiger partial charge in [-0.15, -0.1) is 0 Å². The molecule has 0 aliphatic carbocycles. The SMILES string of the molecule is COc1cc2ccccc2cc1C(=O)N/N=C/c1c(OC)ccc2ccccc12. The zero-order chi connectivity index (χ0) is 20.2. The van der Waals surface area contributed by atoms with Gasteiger partial charge < -0.3 is 9.47 Å². The highest BCUT2D eigenvalue weighted by atomic mass is 16.5. The first kappa shape index (κ1) is 18.5. The molecule has 1 N–H and O–H groups in total. The molecule has 0 fully saturated rings. The highest BCUT2D eigenvalue weighted by Crippen LogP contribution is 2.27. The van der Waals surface area contributed by atoms with Crippen LogP contribution in [0.4, 0.5) is 0 Å². The van der Waals surface area contributed by atoms with Crippen molar-refractivity contribution in [1.29, 1.82) is 0 Å². The van der Waals surface area contributed by atoms with E-state index in [1.165, 1.54) is 0 Å². The number of nitrogens with zero attached hydrogens (tertiary/aromatic N) is 1. The van der Waals surface area contributed by atoms with Crippen molar-refractivity contribution < 1.29 is 14.3 Å². The third-order valence-electron chi connectivity index (χ3n) is 4.82. The minimum atomic E-state index is -0.344. The minimum Gasteiger partial charge on any atom is -0.496 e. The Balaban J connectivity index is 1.65. The normalized spacial score (nSPS) is 11.1. The average molecular weight is 384 g/mol. The molecular formula is C24H20N2O3. The maximum Gasteiger partial charge on any atom is 0.275 e. The Labute approximate surface area is 168 Å². The van der Waals surface area contributed by atoms with E-state index in [2.05, 4.69) is 10.5 Å². The summed E-state index contributed by atoms with van der Waals surface area (Å²) >= 11 is 0. The van der Waals surface area contributed by atoms with Gasteiger partial charge in [0.2, 0.25) is 0 Å². The van der Waals surface area contributed by atoms with E-state index in [1.807, 2.05) is 66.7 Å². The van der Waals surface area contributed by atoms with Gasteiger partial charge in [-0.1, -0.05) is 54.6 Å². The predicted octanol–water partition coefficient (Wildman–Crippen LogP) is 4.77. The van der Waals surface area contributed by atoms with Crippen LogP contribution in [0.5, 0.6) is 11.5 Å². The van der Waals surface area contributed by atoms with Crippen molar-refractivity contribution in [2.45, 2.75) is 0 Å². The molecule has 29 heavy (non-hydrogen) atoms. The zero-order valence-electron chi connectivity index (χ0n) is 16.2. The molecule has 0 heterocycles. The molecule has 0 unspecified atom stereocenters. The summed E-state index contributed by atoms with van der Waals surface area (Å²) in [6.07, 6.45) is 1.60. The fourth-order valence-corrected chi connectivity index (χ4v) is 3.37. The number of rotatable bonds is 5. The van der Waals surface area contributed by atoms with Crippen LogP contribution in [-0.2, 0) is 0 Å². The molecule has 0 saturated heterocycles. The molecule has 1 amide bonds. The number of methoxy groups -OCH3 is 2. The number of carbonyl (C=O) groups excluding carboxylic acids is 1.